The fourth-order valence-electron chi connectivity index (χ4n) is 5.44. The number of esters is 2. The van der Waals surface area contributed by atoms with Crippen molar-refractivity contribution in [3.63, 3.8) is 0 Å². The molecule has 1 saturated carbocycles. The summed E-state index contributed by atoms with van der Waals surface area (Å²) in [4.78, 5) is 25.0. The Morgan fingerprint density at radius 3 is 2.62 bits per heavy atom. The van der Waals surface area contributed by atoms with Crippen molar-refractivity contribution >= 4 is 11.9 Å². The lowest BCUT2D eigenvalue weighted by atomic mass is 9.61. The normalized spacial score (nSPS) is 43.5. The highest BCUT2D eigenvalue weighted by atomic mass is 16.6. The summed E-state index contributed by atoms with van der Waals surface area (Å²) < 4.78 is 35.0. The van der Waals surface area contributed by atoms with Gasteiger partial charge in [-0.25, -0.2) is 0 Å². The van der Waals surface area contributed by atoms with Crippen molar-refractivity contribution in [2.75, 3.05) is 0 Å². The average Bonchev–Trinajstić information content (AvgIpc) is 2.75. The van der Waals surface area contributed by atoms with Crippen LogP contribution in [-0.4, -0.2) is 57.8 Å². The summed E-state index contributed by atoms with van der Waals surface area (Å²) >= 11 is 0. The van der Waals surface area contributed by atoms with Crippen LogP contribution in [0.25, 0.3) is 0 Å². The van der Waals surface area contributed by atoms with Gasteiger partial charge >= 0.3 is 11.9 Å². The molecular formula is C25H40O7. The first kappa shape index (κ1) is 21.1. The molecule has 0 aromatic rings. The Labute approximate surface area is 195 Å². The van der Waals surface area contributed by atoms with E-state index in [1.54, 1.807) is 13.0 Å². The minimum absolute atomic E-state index is 0.0215. The quantitative estimate of drug-likeness (QED) is 0.417. The Morgan fingerprint density at radius 1 is 1.28 bits per heavy atom. The Hall–Kier alpha value is -1.44. The standard InChI is InChI=1S/C25H40O7/c1-6-25(4,5)24(30)32-20-9-13(2)23(29)18-12-19(27)14(3)17(22(18)20)8-7-16-10-15(26)11-21(28)31-16/h12-17,19-20,22-23,26-27,29H,6-11H2,1-5H3/t13-,14-,15-,16-,17+,19-,20+,22-,23+/m1/s1/i4D3/t13-,14-,15-,16-,17+,19-,20+,22-,23+,25?. The van der Waals surface area contributed by atoms with Gasteiger partial charge in [-0.2, -0.15) is 0 Å². The third-order valence-corrected chi connectivity index (χ3v) is 7.78. The summed E-state index contributed by atoms with van der Waals surface area (Å²) in [6.45, 7) is 4.25. The summed E-state index contributed by atoms with van der Waals surface area (Å²) in [5.74, 6) is -2.30. The molecule has 0 bridgehead atoms. The molecule has 0 amide bonds. The van der Waals surface area contributed by atoms with Crippen molar-refractivity contribution in [1.29, 1.82) is 0 Å². The number of carbonyl (C=O) groups excluding carboxylic acids is 2. The zero-order valence-corrected chi connectivity index (χ0v) is 19.5. The van der Waals surface area contributed by atoms with Crippen LogP contribution in [0.15, 0.2) is 11.6 Å². The molecule has 3 aliphatic rings. The Balaban J connectivity index is 1.88. The minimum Gasteiger partial charge on any atom is -0.462 e. The maximum absolute atomic E-state index is 13.2. The van der Waals surface area contributed by atoms with Gasteiger partial charge in [-0.3, -0.25) is 9.59 Å². The number of hydrogen-bond acceptors (Lipinski definition) is 7. The lowest BCUT2D eigenvalue weighted by Gasteiger charge is -2.49. The zero-order chi connectivity index (χ0) is 26.3. The van der Waals surface area contributed by atoms with Gasteiger partial charge < -0.3 is 24.8 Å². The van der Waals surface area contributed by atoms with Crippen LogP contribution in [0.4, 0.5) is 0 Å². The van der Waals surface area contributed by atoms with Crippen molar-refractivity contribution in [3.05, 3.63) is 11.6 Å². The summed E-state index contributed by atoms with van der Waals surface area (Å²) in [5.41, 5.74) is -1.04. The number of carbonyl (C=O) groups is 2. The predicted molar refractivity (Wildman–Crippen MR) is 118 cm³/mol. The molecule has 1 unspecified atom stereocenters. The van der Waals surface area contributed by atoms with Gasteiger partial charge in [0.25, 0.3) is 0 Å². The second-order valence-corrected chi connectivity index (χ2v) is 10.3. The second-order valence-electron chi connectivity index (χ2n) is 10.3. The molecule has 0 aromatic carbocycles. The molecule has 32 heavy (non-hydrogen) atoms. The van der Waals surface area contributed by atoms with Crippen LogP contribution in [-0.2, 0) is 19.1 Å². The first-order valence-electron chi connectivity index (χ1n) is 13.4. The number of hydrogen-bond donors (Lipinski definition) is 3. The molecule has 1 heterocycles. The number of fused-ring (bicyclic) bond motifs is 1. The van der Waals surface area contributed by atoms with Crippen LogP contribution in [0.1, 0.15) is 77.2 Å². The van der Waals surface area contributed by atoms with Crippen LogP contribution in [0.3, 0.4) is 0 Å². The van der Waals surface area contributed by atoms with Crippen LogP contribution in [0.5, 0.6) is 0 Å². The predicted octanol–water partition coefficient (Wildman–Crippen LogP) is 2.75. The van der Waals surface area contributed by atoms with Gasteiger partial charge in [0.2, 0.25) is 0 Å². The largest absolute Gasteiger partial charge is 0.462 e. The summed E-state index contributed by atoms with van der Waals surface area (Å²) in [5, 5.41) is 31.7. The maximum Gasteiger partial charge on any atom is 0.311 e. The van der Waals surface area contributed by atoms with E-state index in [9.17, 15) is 24.9 Å². The summed E-state index contributed by atoms with van der Waals surface area (Å²) in [6.07, 6.45) is -0.0469. The molecular weight excluding hydrogens is 412 g/mol. The maximum atomic E-state index is 13.2. The van der Waals surface area contributed by atoms with Gasteiger partial charge in [0.15, 0.2) is 0 Å². The van der Waals surface area contributed by atoms with E-state index < -0.39 is 60.6 Å². The number of aliphatic hydroxyl groups excluding tert-OH is 3. The molecule has 2 fully saturated rings. The van der Waals surface area contributed by atoms with E-state index in [0.717, 1.165) is 0 Å². The molecule has 3 N–H and O–H groups in total. The van der Waals surface area contributed by atoms with Crippen LogP contribution in [0, 0.1) is 29.1 Å². The monoisotopic (exact) mass is 455 g/mol. The van der Waals surface area contributed by atoms with E-state index in [1.165, 1.54) is 6.92 Å². The van der Waals surface area contributed by atoms with E-state index >= 15 is 0 Å². The van der Waals surface area contributed by atoms with Crippen molar-refractivity contribution < 1.29 is 38.5 Å². The van der Waals surface area contributed by atoms with E-state index in [0.29, 0.717) is 31.3 Å². The van der Waals surface area contributed by atoms with Gasteiger partial charge in [0.05, 0.1) is 30.1 Å². The van der Waals surface area contributed by atoms with E-state index in [-0.39, 0.29) is 30.6 Å². The molecule has 7 nitrogen and oxygen atoms in total. The molecule has 182 valence electrons. The summed E-state index contributed by atoms with van der Waals surface area (Å²) in [7, 11) is 0. The fourth-order valence-corrected chi connectivity index (χ4v) is 5.44. The van der Waals surface area contributed by atoms with Crippen molar-refractivity contribution in [2.45, 2.75) is 104 Å². The van der Waals surface area contributed by atoms with Gasteiger partial charge in [0, 0.05) is 16.5 Å². The van der Waals surface area contributed by atoms with Gasteiger partial charge in [-0.1, -0.05) is 26.8 Å². The molecule has 0 spiro atoms. The third-order valence-electron chi connectivity index (χ3n) is 7.78. The lowest BCUT2D eigenvalue weighted by molar-refractivity contribution is -0.169. The van der Waals surface area contributed by atoms with E-state index in [2.05, 4.69) is 0 Å². The highest BCUT2D eigenvalue weighted by Crippen LogP contribution is 2.48. The molecule has 0 aromatic heterocycles. The number of aliphatic hydroxyl groups is 3. The van der Waals surface area contributed by atoms with Crippen LogP contribution < -0.4 is 0 Å². The van der Waals surface area contributed by atoms with Crippen LogP contribution >= 0.6 is 0 Å². The SMILES string of the molecule is [2H]C([2H])([2H])C(C)(CC)C(=O)O[C@H]1C[C@@H](C)[C@H](O)C2=C[C@@H](O)[C@H](C)[C@H](CC[C@@H]3C[C@@H](O)CC(=O)O3)[C@H]21. The van der Waals surface area contributed by atoms with E-state index in [4.69, 9.17) is 13.6 Å². The lowest BCUT2D eigenvalue weighted by Crippen LogP contribution is -2.51. The van der Waals surface area contributed by atoms with Crippen molar-refractivity contribution in [1.82, 2.24) is 0 Å². The Kier molecular flexibility index (Phi) is 6.48. The highest BCUT2D eigenvalue weighted by Gasteiger charge is 2.49. The minimum atomic E-state index is -2.53. The smallest absolute Gasteiger partial charge is 0.311 e. The zero-order valence-electron chi connectivity index (χ0n) is 22.5. The second kappa shape index (κ2) is 9.82. The number of ether oxygens (including phenoxy) is 2. The van der Waals surface area contributed by atoms with E-state index in [1.807, 2.05) is 13.8 Å². The van der Waals surface area contributed by atoms with Crippen molar-refractivity contribution in [2.24, 2.45) is 29.1 Å². The molecule has 10 atom stereocenters. The first-order valence-corrected chi connectivity index (χ1v) is 11.9. The Morgan fingerprint density at radius 2 is 2.00 bits per heavy atom. The average molecular weight is 456 g/mol. The fraction of sp³-hybridized carbons (Fsp3) is 0.840. The first-order chi connectivity index (χ1) is 16.2. The molecule has 2 aliphatic carbocycles. The number of rotatable bonds is 6. The summed E-state index contributed by atoms with van der Waals surface area (Å²) in [6, 6.07) is 0. The topological polar surface area (TPSA) is 113 Å². The van der Waals surface area contributed by atoms with Gasteiger partial charge in [-0.05, 0) is 62.8 Å². The van der Waals surface area contributed by atoms with Gasteiger partial charge in [-0.15, -0.1) is 0 Å². The Bertz CT molecular complexity index is 828. The van der Waals surface area contributed by atoms with Crippen LogP contribution in [0.2, 0.25) is 0 Å². The molecule has 1 aliphatic heterocycles. The third kappa shape index (κ3) is 5.20. The molecule has 7 heteroatoms. The highest BCUT2D eigenvalue weighted by molar-refractivity contribution is 5.76. The molecule has 1 saturated heterocycles. The number of cyclic esters (lactones) is 1. The van der Waals surface area contributed by atoms with Gasteiger partial charge in [0.1, 0.15) is 12.2 Å². The molecule has 3 rings (SSSR count). The molecule has 0 radical (unpaired) electrons. The van der Waals surface area contributed by atoms with Crippen molar-refractivity contribution in [3.8, 4) is 0 Å².